The second kappa shape index (κ2) is 21.5. The number of aromatic amines is 5. The summed E-state index contributed by atoms with van der Waals surface area (Å²) in [7, 11) is 0. The van der Waals surface area contributed by atoms with Gasteiger partial charge in [-0.3, -0.25) is 0 Å². The minimum absolute atomic E-state index is 0.692. The summed E-state index contributed by atoms with van der Waals surface area (Å²) in [6.07, 6.45) is 6.07. The molecule has 436 valence electrons. The van der Waals surface area contributed by atoms with Gasteiger partial charge in [-0.1, -0.05) is 85.6 Å². The quantitative estimate of drug-likeness (QED) is 0.104. The normalized spacial score (nSPS) is 12.8. The molecule has 9 heteroatoms. The standard InChI is InChI=1S/C79H74N8O/c1-15-52-50(13)66-37-64-46(9)48(11)78(86-64)75(79-49(12)47(10)65(87-79)38-67-51(14)53(16-2)69(85-67)39-68(52)84-66)55-22-18-20-24-71(55)88-70-23-19-17-21-54(70)74-58-29-31-62(82-58)76(72-42(5)33-40(3)34-43(72)6)60-27-25-56(80-60)57-26-28-61(81-57)77(63-32-30-59(74)83-63)73-44(7)35-41(4)36-45(73)8/h17-39,80,82-84,87H,15-16H2,1-14H3. The molecule has 14 rings (SSSR count). The molecule has 3 aliphatic heterocycles. The van der Waals surface area contributed by atoms with Crippen molar-refractivity contribution in [1.29, 1.82) is 0 Å². The summed E-state index contributed by atoms with van der Waals surface area (Å²) in [5, 5.41) is 0. The predicted molar refractivity (Wildman–Crippen MR) is 371 cm³/mol. The second-order valence-electron chi connectivity index (χ2n) is 24.7. The molecule has 0 amide bonds. The van der Waals surface area contributed by atoms with Crippen molar-refractivity contribution in [2.75, 3.05) is 0 Å². The van der Waals surface area contributed by atoms with Crippen molar-refractivity contribution >= 4 is 89.6 Å². The van der Waals surface area contributed by atoms with Crippen molar-refractivity contribution < 1.29 is 4.74 Å². The molecule has 0 atom stereocenters. The van der Waals surface area contributed by atoms with Crippen LogP contribution in [-0.4, -0.2) is 39.9 Å². The number of ether oxygens (including phenoxy) is 1. The number of fused-ring (bicyclic) bond motifs is 17. The van der Waals surface area contributed by atoms with Gasteiger partial charge in [0.25, 0.3) is 0 Å². The summed E-state index contributed by atoms with van der Waals surface area (Å²) < 4.78 is 7.60. The van der Waals surface area contributed by atoms with Gasteiger partial charge in [0.15, 0.2) is 0 Å². The maximum absolute atomic E-state index is 7.60. The lowest BCUT2D eigenvalue weighted by Gasteiger charge is -2.16. The Bertz CT molecular complexity index is 5180. The predicted octanol–water partition coefficient (Wildman–Crippen LogP) is 21.4. The summed E-state index contributed by atoms with van der Waals surface area (Å²) in [6.45, 7) is 30.9. The molecule has 0 aliphatic carbocycles. The molecule has 0 radical (unpaired) electrons. The van der Waals surface area contributed by atoms with Crippen LogP contribution in [0.2, 0.25) is 0 Å². The Balaban J connectivity index is 1.05. The highest BCUT2D eigenvalue weighted by molar-refractivity contribution is 6.05. The van der Waals surface area contributed by atoms with Crippen LogP contribution in [0.4, 0.5) is 0 Å². The molecule has 3 aliphatic rings. The Labute approximate surface area is 514 Å². The highest BCUT2D eigenvalue weighted by atomic mass is 16.5. The molecule has 0 fully saturated rings. The summed E-state index contributed by atoms with van der Waals surface area (Å²) in [4.78, 5) is 36.3. The van der Waals surface area contributed by atoms with Gasteiger partial charge in [-0.25, -0.2) is 15.0 Å². The Morgan fingerprint density at radius 2 is 0.830 bits per heavy atom. The van der Waals surface area contributed by atoms with Gasteiger partial charge in [0.1, 0.15) is 11.5 Å². The van der Waals surface area contributed by atoms with Crippen LogP contribution < -0.4 is 4.74 Å². The molecular formula is C79H74N8O. The fraction of sp³-hybridized carbons (Fsp3) is 0.203. The number of nitrogens with one attached hydrogen (secondary N) is 5. The Morgan fingerprint density at radius 1 is 0.352 bits per heavy atom. The number of hydrogen-bond acceptors (Lipinski definition) is 4. The van der Waals surface area contributed by atoms with Gasteiger partial charge in [0.05, 0.1) is 45.2 Å². The third-order valence-electron chi connectivity index (χ3n) is 19.0. The van der Waals surface area contributed by atoms with E-state index >= 15 is 0 Å². The van der Waals surface area contributed by atoms with Crippen LogP contribution in [0.3, 0.4) is 0 Å². The van der Waals surface area contributed by atoms with Crippen molar-refractivity contribution in [3.8, 4) is 56.0 Å². The van der Waals surface area contributed by atoms with E-state index in [0.29, 0.717) is 11.5 Å². The number of aromatic nitrogens is 8. The van der Waals surface area contributed by atoms with E-state index in [2.05, 4.69) is 261 Å². The van der Waals surface area contributed by atoms with Crippen molar-refractivity contribution in [2.24, 2.45) is 0 Å². The van der Waals surface area contributed by atoms with E-state index in [9.17, 15) is 0 Å². The number of allylic oxidation sites excluding steroid dienone is 4. The van der Waals surface area contributed by atoms with Gasteiger partial charge in [0.2, 0.25) is 0 Å². The molecule has 0 saturated carbocycles. The van der Waals surface area contributed by atoms with Gasteiger partial charge < -0.3 is 29.7 Å². The molecule has 88 heavy (non-hydrogen) atoms. The molecule has 10 heterocycles. The van der Waals surface area contributed by atoms with Gasteiger partial charge in [-0.2, -0.15) is 0 Å². The van der Waals surface area contributed by atoms with Crippen LogP contribution >= 0.6 is 0 Å². The van der Waals surface area contributed by atoms with Gasteiger partial charge >= 0.3 is 0 Å². The number of benzene rings is 4. The molecule has 0 saturated heterocycles. The number of para-hydroxylation sites is 2. The second-order valence-corrected chi connectivity index (χ2v) is 24.7. The molecule has 16 bridgehead atoms. The monoisotopic (exact) mass is 1150 g/mol. The third-order valence-corrected chi connectivity index (χ3v) is 19.0. The number of H-pyrrole nitrogens is 5. The molecule has 0 spiro atoms. The first kappa shape index (κ1) is 55.9. The van der Waals surface area contributed by atoms with Gasteiger partial charge in [-0.15, -0.1) is 0 Å². The Kier molecular flexibility index (Phi) is 13.6. The molecule has 11 aromatic rings. The number of nitrogens with zero attached hydrogens (tertiary/aromatic N) is 3. The zero-order valence-electron chi connectivity index (χ0n) is 52.9. The highest BCUT2D eigenvalue weighted by Crippen LogP contribution is 2.47. The average Bonchev–Trinajstić information content (AvgIpc) is 1.93. The van der Waals surface area contributed by atoms with E-state index in [-0.39, 0.29) is 0 Å². The van der Waals surface area contributed by atoms with Crippen LogP contribution in [0.15, 0.2) is 127 Å². The SMILES string of the molecule is CCC1=C(C)c2cc3[nH]c(c(C)c3C)c(-c3ccccc3Oc3ccccc3-c3c4ccc([nH]4)c(-c4c(C)cc(C)cc4C)c4nc(c5ccc([nH]5)c(-c5c(C)cc(C)cc5C)c5ccc3[nH]5)C=C4)c3nc(cc4[nH]c(cc1n2)c(CC)c4C)C(C)=C3C. The number of aryl methyl sites for hydroxylation is 10. The van der Waals surface area contributed by atoms with Crippen LogP contribution in [-0.2, 0) is 6.42 Å². The zero-order valence-corrected chi connectivity index (χ0v) is 52.9. The van der Waals surface area contributed by atoms with Crippen LogP contribution in [0.5, 0.6) is 11.5 Å². The van der Waals surface area contributed by atoms with Crippen molar-refractivity contribution in [3.63, 3.8) is 0 Å². The minimum Gasteiger partial charge on any atom is -0.456 e. The highest BCUT2D eigenvalue weighted by Gasteiger charge is 2.26. The first-order valence-corrected chi connectivity index (χ1v) is 31.0. The average molecular weight is 1150 g/mol. The smallest absolute Gasteiger partial charge is 0.135 e. The topological polar surface area (TPSA) is 127 Å². The molecular weight excluding hydrogens is 1080 g/mol. The Hall–Kier alpha value is -9.99. The summed E-state index contributed by atoms with van der Waals surface area (Å²) in [5.41, 5.74) is 40.4. The summed E-state index contributed by atoms with van der Waals surface area (Å²) >= 11 is 0. The zero-order chi connectivity index (χ0) is 61.1. The lowest BCUT2D eigenvalue weighted by Crippen LogP contribution is -1.95. The largest absolute Gasteiger partial charge is 0.456 e. The van der Waals surface area contributed by atoms with Crippen molar-refractivity contribution in [1.82, 2.24) is 39.9 Å². The Morgan fingerprint density at radius 3 is 1.42 bits per heavy atom. The lowest BCUT2D eigenvalue weighted by atomic mass is 9.92. The molecule has 5 N–H and O–H groups in total. The van der Waals surface area contributed by atoms with E-state index in [0.717, 1.165) is 163 Å². The van der Waals surface area contributed by atoms with Crippen LogP contribution in [0.25, 0.3) is 134 Å². The molecule has 0 unspecified atom stereocenters. The van der Waals surface area contributed by atoms with Crippen molar-refractivity contribution in [3.05, 3.63) is 217 Å². The van der Waals surface area contributed by atoms with Crippen LogP contribution in [0, 0.1) is 62.3 Å². The number of hydrogen-bond donors (Lipinski definition) is 5. The summed E-state index contributed by atoms with van der Waals surface area (Å²) in [6, 6.07) is 46.0. The van der Waals surface area contributed by atoms with Crippen LogP contribution in [0.1, 0.15) is 131 Å². The third kappa shape index (κ3) is 9.17. The fourth-order valence-corrected chi connectivity index (χ4v) is 14.4. The van der Waals surface area contributed by atoms with E-state index in [1.807, 2.05) is 0 Å². The van der Waals surface area contributed by atoms with E-state index in [1.165, 1.54) is 61.2 Å². The maximum atomic E-state index is 7.60. The van der Waals surface area contributed by atoms with Crippen molar-refractivity contribution in [2.45, 2.75) is 110 Å². The minimum atomic E-state index is 0.692. The van der Waals surface area contributed by atoms with Gasteiger partial charge in [-0.05, 0) is 253 Å². The molecule has 7 aromatic heterocycles. The van der Waals surface area contributed by atoms with E-state index in [1.54, 1.807) is 0 Å². The van der Waals surface area contributed by atoms with Gasteiger partial charge in [0, 0.05) is 77.5 Å². The molecule has 9 nitrogen and oxygen atoms in total. The van der Waals surface area contributed by atoms with E-state index in [4.69, 9.17) is 19.7 Å². The number of rotatable bonds is 8. The fourth-order valence-electron chi connectivity index (χ4n) is 14.4. The molecule has 4 aromatic carbocycles. The first-order chi connectivity index (χ1) is 42.5. The maximum Gasteiger partial charge on any atom is 0.135 e. The lowest BCUT2D eigenvalue weighted by molar-refractivity contribution is 0.486. The van der Waals surface area contributed by atoms with E-state index < -0.39 is 0 Å². The summed E-state index contributed by atoms with van der Waals surface area (Å²) in [5.74, 6) is 1.39. The first-order valence-electron chi connectivity index (χ1n) is 31.0.